The van der Waals surface area contributed by atoms with Gasteiger partial charge in [0, 0.05) is 53.4 Å². The summed E-state index contributed by atoms with van der Waals surface area (Å²) in [5.41, 5.74) is 3.98. The molecule has 1 fully saturated rings. The third-order valence-corrected chi connectivity index (χ3v) is 8.10. The number of nitrogens with zero attached hydrogens (tertiary/aromatic N) is 4. The molecule has 8 nitrogen and oxygen atoms in total. The van der Waals surface area contributed by atoms with E-state index in [0.717, 1.165) is 47.1 Å². The minimum atomic E-state index is -0.918. The van der Waals surface area contributed by atoms with Crippen LogP contribution in [0.3, 0.4) is 0 Å². The van der Waals surface area contributed by atoms with Crippen LogP contribution in [0, 0.1) is 0 Å². The number of amides is 1. The van der Waals surface area contributed by atoms with E-state index >= 15 is 0 Å². The van der Waals surface area contributed by atoms with Gasteiger partial charge in [0.25, 0.3) is 5.56 Å². The van der Waals surface area contributed by atoms with Gasteiger partial charge < -0.3 is 14.1 Å². The summed E-state index contributed by atoms with van der Waals surface area (Å²) < 4.78 is 8.16. The molecule has 0 radical (unpaired) electrons. The van der Waals surface area contributed by atoms with Crippen LogP contribution in [-0.2, 0) is 12.6 Å². The van der Waals surface area contributed by atoms with Gasteiger partial charge in [-0.1, -0.05) is 54.6 Å². The van der Waals surface area contributed by atoms with Crippen molar-refractivity contribution >= 4 is 17.1 Å². The number of rotatable bonds is 5. The number of aromatic nitrogens is 3. The van der Waals surface area contributed by atoms with Crippen molar-refractivity contribution in [2.24, 2.45) is 7.05 Å². The highest BCUT2D eigenvalue weighted by atomic mass is 16.4. The summed E-state index contributed by atoms with van der Waals surface area (Å²) in [6.07, 6.45) is 8.22. The molecule has 0 saturated heterocycles. The summed E-state index contributed by atoms with van der Waals surface area (Å²) in [6.45, 7) is 5.81. The first-order valence-electron chi connectivity index (χ1n) is 13.7. The van der Waals surface area contributed by atoms with Gasteiger partial charge in [-0.2, -0.15) is 0 Å². The first kappa shape index (κ1) is 26.5. The normalized spacial score (nSPS) is 14.5. The van der Waals surface area contributed by atoms with E-state index in [0.29, 0.717) is 22.3 Å². The number of fused-ring (bicyclic) bond motifs is 1. The average Bonchev–Trinajstić information content (AvgIpc) is 3.34. The third kappa shape index (κ3) is 4.30. The van der Waals surface area contributed by atoms with Crippen LogP contribution in [0.4, 0.5) is 4.79 Å². The molecule has 208 valence electrons. The molecule has 1 saturated carbocycles. The molecule has 0 aliphatic heterocycles. The van der Waals surface area contributed by atoms with Gasteiger partial charge in [0.05, 0.1) is 10.9 Å². The van der Waals surface area contributed by atoms with Crippen molar-refractivity contribution in [2.45, 2.75) is 51.1 Å². The summed E-state index contributed by atoms with van der Waals surface area (Å²) in [7, 11) is 1.73. The Morgan fingerprint density at radius 3 is 2.20 bits per heavy atom. The van der Waals surface area contributed by atoms with Crippen molar-refractivity contribution in [1.82, 2.24) is 19.4 Å². The number of aryl methyl sites for hydroxylation is 1. The van der Waals surface area contributed by atoms with Crippen LogP contribution in [0.2, 0.25) is 0 Å². The molecule has 8 heteroatoms. The molecule has 0 unspecified atom stereocenters. The molecule has 3 aromatic heterocycles. The molecule has 2 aromatic carbocycles. The number of carboxylic acid groups (broad SMARTS) is 1. The molecular weight excluding hydrogens is 516 g/mol. The van der Waals surface area contributed by atoms with Gasteiger partial charge in [0.15, 0.2) is 0 Å². The number of hydrogen-bond donors (Lipinski definition) is 1. The van der Waals surface area contributed by atoms with Crippen molar-refractivity contribution in [3.63, 3.8) is 0 Å². The highest BCUT2D eigenvalue weighted by Gasteiger charge is 2.50. The lowest BCUT2D eigenvalue weighted by molar-refractivity contribution is -0.0328. The van der Waals surface area contributed by atoms with Crippen molar-refractivity contribution < 1.29 is 14.3 Å². The highest BCUT2D eigenvalue weighted by Crippen LogP contribution is 2.50. The molecule has 3 heterocycles. The molecule has 1 aliphatic rings. The summed E-state index contributed by atoms with van der Waals surface area (Å²) in [6, 6.07) is 17.7. The van der Waals surface area contributed by atoms with Crippen LogP contribution in [0.5, 0.6) is 0 Å². The molecule has 41 heavy (non-hydrogen) atoms. The topological polar surface area (TPSA) is 101 Å². The Hall–Kier alpha value is -4.72. The Labute approximate surface area is 237 Å². The number of carbonyl (C=O) groups is 1. The fourth-order valence-electron chi connectivity index (χ4n) is 6.24. The van der Waals surface area contributed by atoms with Crippen molar-refractivity contribution in [1.29, 1.82) is 0 Å². The Morgan fingerprint density at radius 1 is 0.976 bits per heavy atom. The summed E-state index contributed by atoms with van der Waals surface area (Å²) in [4.78, 5) is 36.0. The predicted molar refractivity (Wildman–Crippen MR) is 158 cm³/mol. The molecular formula is C33H32N4O4. The molecule has 1 amide bonds. The van der Waals surface area contributed by atoms with E-state index in [1.807, 2.05) is 75.4 Å². The standard InChI is InChI=1S/C33H32N4O4/c1-32(2,3)37(31(39)40)33(15-8-16-33)24-13-11-22(12-14-24)28-26(21-9-6-5-7-10-21)27-29(41-28)25(19-36(4)30(27)38)23-17-34-20-35-18-23/h5-7,9-14,17-20H,8,15-16H2,1-4H3,(H,39,40). The monoisotopic (exact) mass is 548 g/mol. The molecule has 1 aliphatic carbocycles. The lowest BCUT2D eigenvalue weighted by Gasteiger charge is -2.54. The minimum Gasteiger partial charge on any atom is -0.465 e. The maximum absolute atomic E-state index is 13.6. The lowest BCUT2D eigenvalue weighted by atomic mass is 9.69. The molecule has 0 spiro atoms. The SMILES string of the molecule is Cn1cc(-c2cncnc2)c2oc(-c3ccc(C4(N(C(=O)O)C(C)(C)C)CCC4)cc3)c(-c3ccccc3)c2c1=O. The fourth-order valence-corrected chi connectivity index (χ4v) is 6.24. The van der Waals surface area contributed by atoms with E-state index in [4.69, 9.17) is 4.42 Å². The zero-order valence-corrected chi connectivity index (χ0v) is 23.6. The molecule has 6 rings (SSSR count). The maximum Gasteiger partial charge on any atom is 0.408 e. The van der Waals surface area contributed by atoms with Gasteiger partial charge >= 0.3 is 6.09 Å². The van der Waals surface area contributed by atoms with Gasteiger partial charge in [0.2, 0.25) is 0 Å². The largest absolute Gasteiger partial charge is 0.465 e. The van der Waals surface area contributed by atoms with Crippen molar-refractivity contribution in [3.8, 4) is 33.6 Å². The fraction of sp³-hybridized carbons (Fsp3) is 0.273. The van der Waals surface area contributed by atoms with E-state index in [-0.39, 0.29) is 5.56 Å². The molecule has 5 aromatic rings. The third-order valence-electron chi connectivity index (χ3n) is 8.10. The van der Waals surface area contributed by atoms with Crippen molar-refractivity contribution in [2.75, 3.05) is 0 Å². The number of benzene rings is 2. The smallest absolute Gasteiger partial charge is 0.408 e. The first-order valence-corrected chi connectivity index (χ1v) is 13.7. The first-order chi connectivity index (χ1) is 19.6. The van der Waals surface area contributed by atoms with E-state index in [1.54, 1.807) is 35.1 Å². The van der Waals surface area contributed by atoms with E-state index in [9.17, 15) is 14.7 Å². The van der Waals surface area contributed by atoms with Crippen LogP contribution in [0.15, 0.2) is 88.7 Å². The quantitative estimate of drug-likeness (QED) is 0.252. The van der Waals surface area contributed by atoms with E-state index < -0.39 is 17.2 Å². The summed E-state index contributed by atoms with van der Waals surface area (Å²) in [5.74, 6) is 0.577. The van der Waals surface area contributed by atoms with Gasteiger partial charge in [0.1, 0.15) is 17.7 Å². The maximum atomic E-state index is 13.6. The Morgan fingerprint density at radius 2 is 1.63 bits per heavy atom. The predicted octanol–water partition coefficient (Wildman–Crippen LogP) is 7.08. The van der Waals surface area contributed by atoms with Crippen LogP contribution in [0.1, 0.15) is 45.6 Å². The second-order valence-electron chi connectivity index (χ2n) is 11.7. The zero-order chi connectivity index (χ0) is 28.9. The van der Waals surface area contributed by atoms with Gasteiger partial charge in [-0.25, -0.2) is 14.8 Å². The van der Waals surface area contributed by atoms with Crippen molar-refractivity contribution in [3.05, 3.63) is 95.4 Å². The Balaban J connectivity index is 1.57. The second kappa shape index (κ2) is 9.73. The Bertz CT molecular complexity index is 1800. The van der Waals surface area contributed by atoms with Gasteiger partial charge in [-0.15, -0.1) is 0 Å². The van der Waals surface area contributed by atoms with Crippen LogP contribution < -0.4 is 5.56 Å². The van der Waals surface area contributed by atoms with Crippen LogP contribution in [0.25, 0.3) is 44.5 Å². The highest BCUT2D eigenvalue weighted by molar-refractivity contribution is 6.06. The second-order valence-corrected chi connectivity index (χ2v) is 11.7. The summed E-state index contributed by atoms with van der Waals surface area (Å²) in [5, 5.41) is 10.7. The number of hydrogen-bond acceptors (Lipinski definition) is 5. The molecule has 0 atom stereocenters. The van der Waals surface area contributed by atoms with Gasteiger partial charge in [-0.05, 0) is 51.2 Å². The van der Waals surface area contributed by atoms with Crippen LogP contribution >= 0.6 is 0 Å². The molecule has 1 N–H and O–H groups in total. The zero-order valence-electron chi connectivity index (χ0n) is 23.6. The number of pyridine rings is 1. The van der Waals surface area contributed by atoms with Crippen LogP contribution in [-0.4, -0.2) is 36.2 Å². The average molecular weight is 549 g/mol. The number of furan rings is 1. The summed E-state index contributed by atoms with van der Waals surface area (Å²) >= 11 is 0. The van der Waals surface area contributed by atoms with E-state index in [1.165, 1.54) is 6.33 Å². The lowest BCUT2D eigenvalue weighted by Crippen LogP contribution is -2.60. The Kier molecular flexibility index (Phi) is 6.29. The molecule has 0 bridgehead atoms. The van der Waals surface area contributed by atoms with E-state index in [2.05, 4.69) is 9.97 Å². The van der Waals surface area contributed by atoms with Gasteiger partial charge in [-0.3, -0.25) is 9.69 Å². The minimum absolute atomic E-state index is 0.165.